The number of halogens is 2. The van der Waals surface area contributed by atoms with Crippen molar-refractivity contribution in [3.8, 4) is 11.8 Å². The predicted octanol–water partition coefficient (Wildman–Crippen LogP) is 5.71. The lowest BCUT2D eigenvalue weighted by molar-refractivity contribution is -0.112. The number of carbonyl (C=O) groups is 1. The van der Waals surface area contributed by atoms with Gasteiger partial charge in [-0.25, -0.2) is 0 Å². The van der Waals surface area contributed by atoms with Gasteiger partial charge in [0.2, 0.25) is 0 Å². The molecule has 1 amide bonds. The molecule has 0 saturated heterocycles. The molecular weight excluding hydrogens is 394 g/mol. The summed E-state index contributed by atoms with van der Waals surface area (Å²) in [6, 6.07) is 19.1. The fourth-order valence-corrected chi connectivity index (χ4v) is 3.19. The number of nitrogens with one attached hydrogen (secondary N) is 1. The van der Waals surface area contributed by atoms with Gasteiger partial charge in [0, 0.05) is 10.6 Å². The maximum absolute atomic E-state index is 12.4. The molecule has 0 fully saturated rings. The molecule has 7 heteroatoms. The van der Waals surface area contributed by atoms with Crippen LogP contribution in [0.15, 0.2) is 71.1 Å². The third-order valence-electron chi connectivity index (χ3n) is 4.08. The highest BCUT2D eigenvalue weighted by atomic mass is 32.2. The summed E-state index contributed by atoms with van der Waals surface area (Å²) in [5.41, 5.74) is 1.06. The lowest BCUT2D eigenvalue weighted by Gasteiger charge is -2.06. The van der Waals surface area contributed by atoms with Gasteiger partial charge in [0.15, 0.2) is 0 Å². The highest BCUT2D eigenvalue weighted by molar-refractivity contribution is 7.99. The number of hydrogen-bond donors (Lipinski definition) is 1. The smallest absolute Gasteiger partial charge is 0.288 e. The number of thioether (sulfide) groups is 1. The van der Waals surface area contributed by atoms with Crippen molar-refractivity contribution in [1.29, 1.82) is 5.26 Å². The van der Waals surface area contributed by atoms with Crippen LogP contribution in [0.5, 0.6) is 5.75 Å². The SMILES string of the molecule is COc1ccc2cc(/C=C(\C#N)C(=O)Nc3ccc(SC(F)F)cc3)ccc2c1. The second kappa shape index (κ2) is 9.22. The second-order valence-electron chi connectivity index (χ2n) is 6.00. The number of anilines is 1. The van der Waals surface area contributed by atoms with Gasteiger partial charge in [-0.2, -0.15) is 14.0 Å². The van der Waals surface area contributed by atoms with E-state index in [0.717, 1.165) is 16.5 Å². The number of ether oxygens (including phenoxy) is 1. The molecule has 0 aliphatic rings. The summed E-state index contributed by atoms with van der Waals surface area (Å²) in [6.45, 7) is 0. The second-order valence-corrected chi connectivity index (χ2v) is 7.06. The maximum Gasteiger partial charge on any atom is 0.288 e. The zero-order valence-corrected chi connectivity index (χ0v) is 16.2. The lowest BCUT2D eigenvalue weighted by Crippen LogP contribution is -2.13. The molecule has 0 spiro atoms. The first-order valence-electron chi connectivity index (χ1n) is 8.54. The van der Waals surface area contributed by atoms with E-state index in [-0.39, 0.29) is 5.57 Å². The Hall–Kier alpha value is -3.37. The minimum Gasteiger partial charge on any atom is -0.497 e. The standard InChI is InChI=1S/C22H16F2N2O2S/c1-28-19-7-4-15-10-14(2-3-16(15)12-19)11-17(13-25)21(27)26-18-5-8-20(9-6-18)29-22(23)24/h2-12,22H,1H3,(H,26,27)/b17-11+. The third kappa shape index (κ3) is 5.33. The molecule has 0 saturated carbocycles. The molecule has 0 unspecified atom stereocenters. The van der Waals surface area contributed by atoms with Gasteiger partial charge in [0.05, 0.1) is 7.11 Å². The summed E-state index contributed by atoms with van der Waals surface area (Å²) < 4.78 is 29.9. The van der Waals surface area contributed by atoms with Crippen molar-refractivity contribution < 1.29 is 18.3 Å². The van der Waals surface area contributed by atoms with Crippen molar-refractivity contribution in [2.45, 2.75) is 10.7 Å². The van der Waals surface area contributed by atoms with Crippen LogP contribution in [-0.2, 0) is 4.79 Å². The minimum atomic E-state index is -2.51. The van der Waals surface area contributed by atoms with Crippen molar-refractivity contribution in [1.82, 2.24) is 0 Å². The van der Waals surface area contributed by atoms with Crippen LogP contribution in [-0.4, -0.2) is 18.8 Å². The molecule has 0 aromatic heterocycles. The van der Waals surface area contributed by atoms with E-state index in [4.69, 9.17) is 4.74 Å². The average molecular weight is 410 g/mol. The van der Waals surface area contributed by atoms with E-state index in [1.54, 1.807) is 7.11 Å². The van der Waals surface area contributed by atoms with Gasteiger partial charge in [-0.05, 0) is 64.9 Å². The highest BCUT2D eigenvalue weighted by Crippen LogP contribution is 2.26. The molecule has 3 aromatic rings. The molecule has 0 heterocycles. The van der Waals surface area contributed by atoms with Gasteiger partial charge in [0.1, 0.15) is 17.4 Å². The van der Waals surface area contributed by atoms with E-state index < -0.39 is 11.7 Å². The number of carbonyl (C=O) groups excluding carboxylic acids is 1. The van der Waals surface area contributed by atoms with E-state index in [9.17, 15) is 18.8 Å². The first kappa shape index (κ1) is 20.4. The van der Waals surface area contributed by atoms with Gasteiger partial charge >= 0.3 is 0 Å². The van der Waals surface area contributed by atoms with Gasteiger partial charge < -0.3 is 10.1 Å². The monoisotopic (exact) mass is 410 g/mol. The summed E-state index contributed by atoms with van der Waals surface area (Å²) in [4.78, 5) is 12.8. The van der Waals surface area contributed by atoms with Crippen LogP contribution in [0.2, 0.25) is 0 Å². The van der Waals surface area contributed by atoms with Crippen LogP contribution in [0.1, 0.15) is 5.56 Å². The first-order chi connectivity index (χ1) is 14.0. The van der Waals surface area contributed by atoms with Gasteiger partial charge in [-0.15, -0.1) is 0 Å². The van der Waals surface area contributed by atoms with Crippen molar-refractivity contribution in [2.75, 3.05) is 12.4 Å². The Balaban J connectivity index is 1.77. The number of rotatable bonds is 6. The number of fused-ring (bicyclic) bond motifs is 1. The van der Waals surface area contributed by atoms with Crippen LogP contribution in [0.4, 0.5) is 14.5 Å². The molecule has 4 nitrogen and oxygen atoms in total. The molecule has 3 aromatic carbocycles. The van der Waals surface area contributed by atoms with Gasteiger partial charge in [-0.3, -0.25) is 4.79 Å². The summed E-state index contributed by atoms with van der Waals surface area (Å²) in [5, 5.41) is 13.9. The Morgan fingerprint density at radius 3 is 2.45 bits per heavy atom. The molecule has 1 N–H and O–H groups in total. The first-order valence-corrected chi connectivity index (χ1v) is 9.42. The number of benzene rings is 3. The molecule has 0 aliphatic carbocycles. The van der Waals surface area contributed by atoms with Crippen molar-refractivity contribution in [3.05, 3.63) is 71.8 Å². The van der Waals surface area contributed by atoms with Gasteiger partial charge in [-0.1, -0.05) is 30.0 Å². The number of nitriles is 1. The normalized spacial score (nSPS) is 11.3. The van der Waals surface area contributed by atoms with E-state index >= 15 is 0 Å². The van der Waals surface area contributed by atoms with Crippen molar-refractivity contribution >= 4 is 40.2 Å². The highest BCUT2D eigenvalue weighted by Gasteiger charge is 2.11. The molecule has 146 valence electrons. The van der Waals surface area contributed by atoms with Crippen LogP contribution < -0.4 is 10.1 Å². The maximum atomic E-state index is 12.4. The van der Waals surface area contributed by atoms with E-state index in [1.165, 1.54) is 30.3 Å². The Morgan fingerprint density at radius 2 is 1.79 bits per heavy atom. The van der Waals surface area contributed by atoms with Crippen LogP contribution in [0, 0.1) is 11.3 Å². The zero-order chi connectivity index (χ0) is 20.8. The number of alkyl halides is 2. The van der Waals surface area contributed by atoms with Crippen LogP contribution in [0.25, 0.3) is 16.8 Å². The minimum absolute atomic E-state index is 0.0658. The van der Waals surface area contributed by atoms with Gasteiger partial charge in [0.25, 0.3) is 11.7 Å². The van der Waals surface area contributed by atoms with E-state index in [0.29, 0.717) is 27.9 Å². The van der Waals surface area contributed by atoms with E-state index in [1.807, 2.05) is 42.5 Å². The zero-order valence-electron chi connectivity index (χ0n) is 15.4. The molecule has 0 bridgehead atoms. The third-order valence-corrected chi connectivity index (χ3v) is 4.81. The number of amides is 1. The van der Waals surface area contributed by atoms with E-state index in [2.05, 4.69) is 5.32 Å². The van der Waals surface area contributed by atoms with Crippen molar-refractivity contribution in [3.63, 3.8) is 0 Å². The molecule has 0 radical (unpaired) electrons. The van der Waals surface area contributed by atoms with Crippen LogP contribution >= 0.6 is 11.8 Å². The molecule has 0 aliphatic heterocycles. The Morgan fingerprint density at radius 1 is 1.10 bits per heavy atom. The Bertz CT molecular complexity index is 1110. The molecular formula is C22H16F2N2O2S. The number of hydrogen-bond acceptors (Lipinski definition) is 4. The number of methoxy groups -OCH3 is 1. The summed E-state index contributed by atoms with van der Waals surface area (Å²) >= 11 is 0.424. The van der Waals surface area contributed by atoms with Crippen LogP contribution in [0.3, 0.4) is 0 Å². The molecule has 0 atom stereocenters. The Labute approximate surface area is 170 Å². The van der Waals surface area contributed by atoms with Crippen molar-refractivity contribution in [2.24, 2.45) is 0 Å². The summed E-state index contributed by atoms with van der Waals surface area (Å²) in [6.07, 6.45) is 1.50. The lowest BCUT2D eigenvalue weighted by atomic mass is 10.0. The quantitative estimate of drug-likeness (QED) is 0.321. The fourth-order valence-electron chi connectivity index (χ4n) is 2.69. The number of nitrogens with zero attached hydrogens (tertiary/aromatic N) is 1. The summed E-state index contributed by atoms with van der Waals surface area (Å²) in [5.74, 6) is -2.33. The molecule has 29 heavy (non-hydrogen) atoms. The Kier molecular flexibility index (Phi) is 6.47. The molecule has 3 rings (SSSR count). The predicted molar refractivity (Wildman–Crippen MR) is 111 cm³/mol. The topological polar surface area (TPSA) is 62.1 Å². The fraction of sp³-hybridized carbons (Fsp3) is 0.0909. The summed E-state index contributed by atoms with van der Waals surface area (Å²) in [7, 11) is 1.60. The average Bonchev–Trinajstić information content (AvgIpc) is 2.72. The largest absolute Gasteiger partial charge is 0.497 e.